The maximum absolute atomic E-state index is 11.4. The van der Waals surface area contributed by atoms with E-state index in [1.807, 2.05) is 19.1 Å². The first-order valence-electron chi connectivity index (χ1n) is 7.20. The van der Waals surface area contributed by atoms with Gasteiger partial charge in [0.15, 0.2) is 6.61 Å². The molecule has 1 rings (SSSR count). The van der Waals surface area contributed by atoms with Crippen molar-refractivity contribution in [1.82, 2.24) is 5.32 Å². The summed E-state index contributed by atoms with van der Waals surface area (Å²) in [6, 6.07) is 6.17. The van der Waals surface area contributed by atoms with Crippen LogP contribution in [-0.2, 0) is 9.53 Å². The molecule has 0 bridgehead atoms. The van der Waals surface area contributed by atoms with Crippen molar-refractivity contribution < 1.29 is 14.3 Å². The summed E-state index contributed by atoms with van der Waals surface area (Å²) in [6.45, 7) is 9.33. The Morgan fingerprint density at radius 3 is 2.75 bits per heavy atom. The molecule has 1 N–H and O–H groups in total. The van der Waals surface area contributed by atoms with Gasteiger partial charge in [0.25, 0.3) is 0 Å². The van der Waals surface area contributed by atoms with Gasteiger partial charge in [-0.25, -0.2) is 4.79 Å². The molecule has 0 aromatic heterocycles. The lowest BCUT2D eigenvalue weighted by atomic mass is 10.0. The minimum Gasteiger partial charge on any atom is -0.482 e. The Morgan fingerprint density at radius 1 is 1.35 bits per heavy atom. The fourth-order valence-corrected chi connectivity index (χ4v) is 1.95. The molecule has 4 nitrogen and oxygen atoms in total. The van der Waals surface area contributed by atoms with Crippen LogP contribution < -0.4 is 10.1 Å². The number of carbonyl (C=O) groups excluding carboxylic acids is 1. The lowest BCUT2D eigenvalue weighted by molar-refractivity contribution is -0.145. The van der Waals surface area contributed by atoms with Gasteiger partial charge in [-0.15, -0.1) is 0 Å². The van der Waals surface area contributed by atoms with Gasteiger partial charge in [0.1, 0.15) is 5.75 Å². The molecule has 20 heavy (non-hydrogen) atoms. The first kappa shape index (κ1) is 16.5. The normalized spacial score (nSPS) is 12.0. The zero-order valence-corrected chi connectivity index (χ0v) is 12.9. The van der Waals surface area contributed by atoms with Crippen LogP contribution >= 0.6 is 0 Å². The van der Waals surface area contributed by atoms with Gasteiger partial charge in [-0.05, 0) is 39.8 Å². The summed E-state index contributed by atoms with van der Waals surface area (Å²) in [7, 11) is 0. The minimum absolute atomic E-state index is 0.0512. The van der Waals surface area contributed by atoms with Gasteiger partial charge in [0, 0.05) is 11.6 Å². The van der Waals surface area contributed by atoms with Crippen molar-refractivity contribution in [2.45, 2.75) is 40.2 Å². The number of rotatable bonds is 8. The minimum atomic E-state index is -0.340. The molecule has 0 aliphatic rings. The Kier molecular flexibility index (Phi) is 7.09. The third-order valence-corrected chi connectivity index (χ3v) is 2.98. The number of aryl methyl sites for hydroxylation is 1. The van der Waals surface area contributed by atoms with Crippen molar-refractivity contribution in [2.24, 2.45) is 0 Å². The molecule has 0 aliphatic heterocycles. The van der Waals surface area contributed by atoms with Gasteiger partial charge in [0.05, 0.1) is 6.61 Å². The van der Waals surface area contributed by atoms with Crippen LogP contribution in [0, 0.1) is 6.92 Å². The molecule has 1 aromatic rings. The largest absolute Gasteiger partial charge is 0.482 e. The van der Waals surface area contributed by atoms with Crippen LogP contribution in [0.1, 0.15) is 44.4 Å². The monoisotopic (exact) mass is 279 g/mol. The molecule has 1 aromatic carbocycles. The third-order valence-electron chi connectivity index (χ3n) is 2.98. The lowest BCUT2D eigenvalue weighted by Crippen LogP contribution is -2.21. The number of carbonyl (C=O) groups is 1. The summed E-state index contributed by atoms with van der Waals surface area (Å²) in [5.74, 6) is 0.396. The molecule has 4 heteroatoms. The van der Waals surface area contributed by atoms with Crippen LogP contribution in [0.25, 0.3) is 0 Å². The lowest BCUT2D eigenvalue weighted by Gasteiger charge is -2.18. The molecular weight excluding hydrogens is 254 g/mol. The maximum atomic E-state index is 11.4. The molecule has 112 valence electrons. The Labute approximate surface area is 121 Å². The van der Waals surface area contributed by atoms with E-state index in [0.717, 1.165) is 24.3 Å². The highest BCUT2D eigenvalue weighted by atomic mass is 16.6. The van der Waals surface area contributed by atoms with E-state index < -0.39 is 0 Å². The highest BCUT2D eigenvalue weighted by molar-refractivity contribution is 5.71. The average Bonchev–Trinajstić information content (AvgIpc) is 2.43. The van der Waals surface area contributed by atoms with E-state index in [-0.39, 0.29) is 18.6 Å². The molecular formula is C16H25NO3. The zero-order valence-electron chi connectivity index (χ0n) is 12.9. The molecule has 0 spiro atoms. The van der Waals surface area contributed by atoms with Crippen LogP contribution in [-0.4, -0.2) is 25.7 Å². The summed E-state index contributed by atoms with van der Waals surface area (Å²) < 4.78 is 10.5. The fraction of sp³-hybridized carbons (Fsp3) is 0.562. The summed E-state index contributed by atoms with van der Waals surface area (Å²) in [4.78, 5) is 11.4. The zero-order chi connectivity index (χ0) is 15.0. The SMILES string of the molecule is CCCNC(C)c1cc(C)ccc1OCC(=O)OCC. The Bertz CT molecular complexity index is 432. The van der Waals surface area contributed by atoms with Crippen molar-refractivity contribution in [2.75, 3.05) is 19.8 Å². The fourth-order valence-electron chi connectivity index (χ4n) is 1.95. The van der Waals surface area contributed by atoms with E-state index in [9.17, 15) is 4.79 Å². The molecule has 0 aliphatic carbocycles. The number of benzene rings is 1. The van der Waals surface area contributed by atoms with Crippen molar-refractivity contribution in [1.29, 1.82) is 0 Å². The average molecular weight is 279 g/mol. The Hall–Kier alpha value is -1.55. The molecule has 0 amide bonds. The van der Waals surface area contributed by atoms with Crippen LogP contribution in [0.4, 0.5) is 0 Å². The molecule has 0 saturated carbocycles. The second kappa shape index (κ2) is 8.59. The highest BCUT2D eigenvalue weighted by Gasteiger charge is 2.13. The standard InChI is InChI=1S/C16H25NO3/c1-5-9-17-13(4)14-10-12(3)7-8-15(14)20-11-16(18)19-6-2/h7-8,10,13,17H,5-6,9,11H2,1-4H3. The van der Waals surface area contributed by atoms with Gasteiger partial charge in [0.2, 0.25) is 0 Å². The van der Waals surface area contributed by atoms with Gasteiger partial charge in [-0.2, -0.15) is 0 Å². The van der Waals surface area contributed by atoms with Crippen LogP contribution in [0.2, 0.25) is 0 Å². The molecule has 0 saturated heterocycles. The summed E-state index contributed by atoms with van der Waals surface area (Å²) in [5, 5.41) is 3.43. The van der Waals surface area contributed by atoms with Crippen molar-refractivity contribution >= 4 is 5.97 Å². The quantitative estimate of drug-likeness (QED) is 0.743. The number of ether oxygens (including phenoxy) is 2. The van der Waals surface area contributed by atoms with Gasteiger partial charge in [-0.3, -0.25) is 0 Å². The van der Waals surface area contributed by atoms with Gasteiger partial charge in [-0.1, -0.05) is 24.6 Å². The number of nitrogens with one attached hydrogen (secondary N) is 1. The van der Waals surface area contributed by atoms with E-state index in [4.69, 9.17) is 9.47 Å². The van der Waals surface area contributed by atoms with E-state index in [0.29, 0.717) is 6.61 Å². The predicted octanol–water partition coefficient (Wildman–Crippen LogP) is 3.00. The molecule has 0 heterocycles. The van der Waals surface area contributed by atoms with E-state index in [1.54, 1.807) is 6.92 Å². The summed E-state index contributed by atoms with van der Waals surface area (Å²) >= 11 is 0. The maximum Gasteiger partial charge on any atom is 0.344 e. The van der Waals surface area contributed by atoms with E-state index >= 15 is 0 Å². The number of esters is 1. The van der Waals surface area contributed by atoms with E-state index in [1.165, 1.54) is 5.56 Å². The number of hydrogen-bond donors (Lipinski definition) is 1. The number of hydrogen-bond acceptors (Lipinski definition) is 4. The second-order valence-electron chi connectivity index (χ2n) is 4.81. The van der Waals surface area contributed by atoms with Crippen LogP contribution in [0.5, 0.6) is 5.75 Å². The van der Waals surface area contributed by atoms with Crippen molar-refractivity contribution in [3.05, 3.63) is 29.3 Å². The van der Waals surface area contributed by atoms with Crippen molar-refractivity contribution in [3.63, 3.8) is 0 Å². The second-order valence-corrected chi connectivity index (χ2v) is 4.81. The summed E-state index contributed by atoms with van der Waals surface area (Å²) in [6.07, 6.45) is 1.08. The van der Waals surface area contributed by atoms with Gasteiger partial charge < -0.3 is 14.8 Å². The first-order chi connectivity index (χ1) is 9.58. The van der Waals surface area contributed by atoms with Gasteiger partial charge >= 0.3 is 5.97 Å². The van der Waals surface area contributed by atoms with E-state index in [2.05, 4.69) is 25.2 Å². The Morgan fingerprint density at radius 2 is 2.10 bits per heavy atom. The smallest absolute Gasteiger partial charge is 0.344 e. The first-order valence-corrected chi connectivity index (χ1v) is 7.20. The molecule has 1 unspecified atom stereocenters. The molecule has 1 atom stereocenters. The van der Waals surface area contributed by atoms with Crippen LogP contribution in [0.15, 0.2) is 18.2 Å². The Balaban J connectivity index is 2.76. The predicted molar refractivity (Wildman–Crippen MR) is 80.0 cm³/mol. The molecule has 0 radical (unpaired) electrons. The topological polar surface area (TPSA) is 47.6 Å². The molecule has 0 fully saturated rings. The van der Waals surface area contributed by atoms with Crippen molar-refractivity contribution in [3.8, 4) is 5.75 Å². The summed E-state index contributed by atoms with van der Waals surface area (Å²) in [5.41, 5.74) is 2.25. The highest BCUT2D eigenvalue weighted by Crippen LogP contribution is 2.26. The third kappa shape index (κ3) is 5.21. The van der Waals surface area contributed by atoms with Crippen LogP contribution in [0.3, 0.4) is 0 Å².